The van der Waals surface area contributed by atoms with Crippen LogP contribution < -0.4 is 16.2 Å². The van der Waals surface area contributed by atoms with Crippen molar-refractivity contribution >= 4 is 11.6 Å². The topological polar surface area (TPSA) is 91.3 Å². The molecule has 5 rings (SSSR count). The largest absolute Gasteiger partial charge is 0.346 e. The number of H-pyrrole nitrogens is 1. The molecule has 0 radical (unpaired) electrons. The Balaban J connectivity index is 1.42. The zero-order valence-electron chi connectivity index (χ0n) is 16.3. The maximum atomic E-state index is 13.1. The van der Waals surface area contributed by atoms with Crippen molar-refractivity contribution in [3.63, 3.8) is 0 Å². The molecule has 1 aliphatic heterocycles. The number of carbonyl (C=O) groups excluding carboxylic acids is 1. The first kappa shape index (κ1) is 18.1. The molecule has 2 aromatic heterocycles. The van der Waals surface area contributed by atoms with Gasteiger partial charge in [-0.05, 0) is 50.8 Å². The summed E-state index contributed by atoms with van der Waals surface area (Å²) in [4.78, 5) is 28.2. The molecule has 7 nitrogen and oxygen atoms in total. The summed E-state index contributed by atoms with van der Waals surface area (Å²) in [5, 5.41) is 11.0. The Bertz CT molecular complexity index is 1090. The van der Waals surface area contributed by atoms with E-state index in [9.17, 15) is 9.59 Å². The minimum atomic E-state index is -0.195. The second kappa shape index (κ2) is 7.15. The van der Waals surface area contributed by atoms with Crippen molar-refractivity contribution in [1.82, 2.24) is 25.2 Å². The molecule has 0 bridgehead atoms. The zero-order chi connectivity index (χ0) is 19.8. The van der Waals surface area contributed by atoms with Crippen LogP contribution in [0.5, 0.6) is 0 Å². The number of hydrogen-bond donors (Lipinski definition) is 3. The monoisotopic (exact) mass is 391 g/mol. The van der Waals surface area contributed by atoms with Gasteiger partial charge in [0.1, 0.15) is 11.2 Å². The molecule has 0 spiro atoms. The third-order valence-corrected chi connectivity index (χ3v) is 6.15. The molecule has 1 aliphatic carbocycles. The van der Waals surface area contributed by atoms with Crippen molar-refractivity contribution in [2.45, 2.75) is 43.6 Å². The standard InChI is InChI=1S/C22H25N5O2/c28-19-12-18(16-6-10-23-11-7-16)27-20(25-19)17(14-24-27)21(29)26-22(8-9-22)13-15-4-2-1-3-5-15/h1-5,12,14,16,23H,6-11,13H2,(H,25,28)(H,26,29). The van der Waals surface area contributed by atoms with E-state index in [0.717, 1.165) is 50.9 Å². The average molecular weight is 391 g/mol. The first-order chi connectivity index (χ1) is 14.1. The van der Waals surface area contributed by atoms with E-state index in [1.54, 1.807) is 16.8 Å². The van der Waals surface area contributed by atoms with Gasteiger partial charge in [0, 0.05) is 17.5 Å². The van der Waals surface area contributed by atoms with Gasteiger partial charge in [-0.2, -0.15) is 5.10 Å². The summed E-state index contributed by atoms with van der Waals surface area (Å²) in [6.45, 7) is 1.85. The number of carbonyl (C=O) groups is 1. The number of fused-ring (bicyclic) bond motifs is 1. The van der Waals surface area contributed by atoms with Crippen molar-refractivity contribution in [3.05, 3.63) is 69.8 Å². The highest BCUT2D eigenvalue weighted by Crippen LogP contribution is 2.39. The molecule has 2 fully saturated rings. The van der Waals surface area contributed by atoms with Gasteiger partial charge in [-0.1, -0.05) is 30.3 Å². The molecular weight excluding hydrogens is 366 g/mol. The predicted octanol–water partition coefficient (Wildman–Crippen LogP) is 1.99. The van der Waals surface area contributed by atoms with E-state index in [4.69, 9.17) is 0 Å². The van der Waals surface area contributed by atoms with Crippen LogP contribution in [0.15, 0.2) is 47.4 Å². The molecule has 3 N–H and O–H groups in total. The number of hydrogen-bond acceptors (Lipinski definition) is 4. The van der Waals surface area contributed by atoms with Gasteiger partial charge in [-0.15, -0.1) is 0 Å². The molecule has 3 aromatic rings. The number of aromatic nitrogens is 3. The second-order valence-electron chi connectivity index (χ2n) is 8.30. The smallest absolute Gasteiger partial charge is 0.257 e. The minimum absolute atomic E-state index is 0.174. The van der Waals surface area contributed by atoms with E-state index in [2.05, 4.69) is 32.8 Å². The fraction of sp³-hybridized carbons (Fsp3) is 0.409. The van der Waals surface area contributed by atoms with E-state index in [0.29, 0.717) is 11.2 Å². The number of amides is 1. The lowest BCUT2D eigenvalue weighted by molar-refractivity contribution is 0.0933. The third-order valence-electron chi connectivity index (χ3n) is 6.15. The molecule has 7 heteroatoms. The predicted molar refractivity (Wildman–Crippen MR) is 110 cm³/mol. The van der Waals surface area contributed by atoms with Crippen molar-refractivity contribution in [1.29, 1.82) is 0 Å². The fourth-order valence-corrected chi connectivity index (χ4v) is 4.38. The van der Waals surface area contributed by atoms with Crippen LogP contribution in [0.2, 0.25) is 0 Å². The van der Waals surface area contributed by atoms with Crippen LogP contribution in [0.4, 0.5) is 0 Å². The summed E-state index contributed by atoms with van der Waals surface area (Å²) in [6, 6.07) is 11.8. The normalized spacial score (nSPS) is 18.6. The molecular formula is C22H25N5O2. The van der Waals surface area contributed by atoms with E-state index >= 15 is 0 Å². The molecule has 1 amide bonds. The van der Waals surface area contributed by atoms with Crippen LogP contribution >= 0.6 is 0 Å². The molecule has 1 saturated heterocycles. The first-order valence-electron chi connectivity index (χ1n) is 10.3. The Kier molecular flexibility index (Phi) is 4.47. The summed E-state index contributed by atoms with van der Waals surface area (Å²) < 4.78 is 1.74. The molecule has 150 valence electrons. The molecule has 0 unspecified atom stereocenters. The lowest BCUT2D eigenvalue weighted by Gasteiger charge is -2.23. The third kappa shape index (κ3) is 3.58. The maximum Gasteiger partial charge on any atom is 0.257 e. The summed E-state index contributed by atoms with van der Waals surface area (Å²) >= 11 is 0. The van der Waals surface area contributed by atoms with Gasteiger partial charge in [0.2, 0.25) is 0 Å². The van der Waals surface area contributed by atoms with Gasteiger partial charge in [0.25, 0.3) is 11.5 Å². The van der Waals surface area contributed by atoms with E-state index in [1.165, 1.54) is 5.56 Å². The second-order valence-corrected chi connectivity index (χ2v) is 8.30. The van der Waals surface area contributed by atoms with Gasteiger partial charge in [-0.25, -0.2) is 4.52 Å². The Hall–Kier alpha value is -2.93. The number of piperidine rings is 1. The highest BCUT2D eigenvalue weighted by atomic mass is 16.2. The maximum absolute atomic E-state index is 13.1. The number of rotatable bonds is 5. The summed E-state index contributed by atoms with van der Waals surface area (Å²) in [6.07, 6.45) is 6.23. The molecule has 0 atom stereocenters. The Labute approximate surface area is 168 Å². The van der Waals surface area contributed by atoms with Gasteiger partial charge < -0.3 is 15.6 Å². The quantitative estimate of drug-likeness (QED) is 0.620. The molecule has 29 heavy (non-hydrogen) atoms. The van der Waals surface area contributed by atoms with Gasteiger partial charge in [0.15, 0.2) is 0 Å². The van der Waals surface area contributed by atoms with Crippen LogP contribution in [0.25, 0.3) is 5.65 Å². The number of aromatic amines is 1. The van der Waals surface area contributed by atoms with Crippen LogP contribution in [-0.4, -0.2) is 39.1 Å². The lowest BCUT2D eigenvalue weighted by atomic mass is 9.94. The Morgan fingerprint density at radius 2 is 1.97 bits per heavy atom. The summed E-state index contributed by atoms with van der Waals surface area (Å²) in [5.41, 5.74) is 2.63. The Morgan fingerprint density at radius 3 is 2.69 bits per heavy atom. The molecule has 3 heterocycles. The van der Waals surface area contributed by atoms with Gasteiger partial charge in [0.05, 0.1) is 11.9 Å². The molecule has 1 saturated carbocycles. The number of nitrogens with zero attached hydrogens (tertiary/aromatic N) is 2. The number of benzene rings is 1. The average Bonchev–Trinajstić information content (AvgIpc) is 3.34. The highest BCUT2D eigenvalue weighted by Gasteiger charge is 2.44. The van der Waals surface area contributed by atoms with Crippen LogP contribution in [-0.2, 0) is 6.42 Å². The molecule has 1 aromatic carbocycles. The van der Waals surface area contributed by atoms with E-state index < -0.39 is 0 Å². The zero-order valence-corrected chi connectivity index (χ0v) is 16.3. The first-order valence-corrected chi connectivity index (χ1v) is 10.3. The Morgan fingerprint density at radius 1 is 1.21 bits per heavy atom. The van der Waals surface area contributed by atoms with Gasteiger partial charge in [-0.3, -0.25) is 9.59 Å². The van der Waals surface area contributed by atoms with E-state index in [1.807, 2.05) is 18.2 Å². The SMILES string of the molecule is O=C(NC1(Cc2ccccc2)CC1)c1cnn2c(C3CCNCC3)cc(=O)[nH]c12. The minimum Gasteiger partial charge on any atom is -0.346 e. The number of nitrogens with one attached hydrogen (secondary N) is 3. The van der Waals surface area contributed by atoms with Crippen molar-refractivity contribution in [2.75, 3.05) is 13.1 Å². The van der Waals surface area contributed by atoms with Crippen LogP contribution in [0.1, 0.15) is 53.2 Å². The highest BCUT2D eigenvalue weighted by molar-refractivity contribution is 6.00. The van der Waals surface area contributed by atoms with Crippen molar-refractivity contribution in [3.8, 4) is 0 Å². The van der Waals surface area contributed by atoms with Gasteiger partial charge >= 0.3 is 0 Å². The van der Waals surface area contributed by atoms with Crippen LogP contribution in [0, 0.1) is 0 Å². The fourth-order valence-electron chi connectivity index (χ4n) is 4.38. The van der Waals surface area contributed by atoms with Crippen LogP contribution in [0.3, 0.4) is 0 Å². The summed E-state index contributed by atoms with van der Waals surface area (Å²) in [7, 11) is 0. The van der Waals surface area contributed by atoms with E-state index in [-0.39, 0.29) is 22.9 Å². The summed E-state index contributed by atoms with van der Waals surface area (Å²) in [5.74, 6) is 0.0938. The molecule has 2 aliphatic rings. The van der Waals surface area contributed by atoms with Crippen molar-refractivity contribution < 1.29 is 4.79 Å². The van der Waals surface area contributed by atoms with Crippen molar-refractivity contribution in [2.24, 2.45) is 0 Å². The lowest BCUT2D eigenvalue weighted by Crippen LogP contribution is -2.38.